The number of hydrogen-bond acceptors (Lipinski definition) is 5. The molecule has 0 atom stereocenters. The number of sulfonamides is 1. The Morgan fingerprint density at radius 1 is 0.933 bits per heavy atom. The molecule has 0 bridgehead atoms. The number of hydrogen-bond donors (Lipinski definition) is 0. The summed E-state index contributed by atoms with van der Waals surface area (Å²) in [6, 6.07) is 16.7. The van der Waals surface area contributed by atoms with Crippen molar-refractivity contribution in [3.05, 3.63) is 60.2 Å². The molecule has 158 valence electrons. The molecule has 0 saturated carbocycles. The number of likely N-dealkylation sites (tertiary alicyclic amines) is 1. The lowest BCUT2D eigenvalue weighted by Gasteiger charge is -2.30. The summed E-state index contributed by atoms with van der Waals surface area (Å²) in [7, 11) is -3.79. The van der Waals surface area contributed by atoms with E-state index in [0.29, 0.717) is 17.4 Å². The highest BCUT2D eigenvalue weighted by Crippen LogP contribution is 2.35. The highest BCUT2D eigenvalue weighted by atomic mass is 32.2. The summed E-state index contributed by atoms with van der Waals surface area (Å²) in [6.07, 6.45) is 4.37. The Bertz CT molecular complexity index is 1030. The van der Waals surface area contributed by atoms with Crippen LogP contribution in [-0.4, -0.2) is 43.2 Å². The van der Waals surface area contributed by atoms with Crippen molar-refractivity contribution in [1.29, 1.82) is 0 Å². The van der Waals surface area contributed by atoms with E-state index in [4.69, 9.17) is 0 Å². The summed E-state index contributed by atoms with van der Waals surface area (Å²) in [5.74, 6) is 0.224. The standard InChI is InChI=1S/C22H25N3O3S2/c26-21(24-14-8-1-2-9-15-24)17-29-22-23-30(27,28)20-13-7-6-12-19(20)25(22)16-18-10-4-3-5-11-18/h3-7,10-13H,1-2,8-9,14-17H2. The number of rotatable bonds is 4. The van der Waals surface area contributed by atoms with Gasteiger partial charge in [0.25, 0.3) is 10.0 Å². The van der Waals surface area contributed by atoms with Crippen LogP contribution in [0.25, 0.3) is 0 Å². The van der Waals surface area contributed by atoms with E-state index in [-0.39, 0.29) is 16.6 Å². The number of nitrogens with zero attached hydrogens (tertiary/aromatic N) is 3. The zero-order valence-corrected chi connectivity index (χ0v) is 18.4. The summed E-state index contributed by atoms with van der Waals surface area (Å²) >= 11 is 1.20. The third kappa shape index (κ3) is 4.70. The Hall–Kier alpha value is -2.32. The molecule has 30 heavy (non-hydrogen) atoms. The minimum absolute atomic E-state index is 0.0421. The second kappa shape index (κ2) is 9.22. The fraction of sp³-hybridized carbons (Fsp3) is 0.364. The fourth-order valence-electron chi connectivity index (χ4n) is 3.76. The van der Waals surface area contributed by atoms with E-state index in [1.165, 1.54) is 11.8 Å². The highest BCUT2D eigenvalue weighted by Gasteiger charge is 2.31. The van der Waals surface area contributed by atoms with Gasteiger partial charge in [-0.15, -0.1) is 4.40 Å². The lowest BCUT2D eigenvalue weighted by molar-refractivity contribution is -0.128. The number of amidine groups is 1. The minimum Gasteiger partial charge on any atom is -0.342 e. The molecule has 0 aromatic heterocycles. The quantitative estimate of drug-likeness (QED) is 0.717. The molecule has 2 heterocycles. The maximum absolute atomic E-state index is 12.8. The Labute approximate surface area is 182 Å². The van der Waals surface area contributed by atoms with Crippen molar-refractivity contribution in [3.63, 3.8) is 0 Å². The normalized spacial score (nSPS) is 18.3. The third-order valence-electron chi connectivity index (χ3n) is 5.33. The number of thioether (sulfide) groups is 1. The van der Waals surface area contributed by atoms with Crippen LogP contribution < -0.4 is 4.90 Å². The molecule has 1 saturated heterocycles. The molecule has 0 N–H and O–H groups in total. The molecular formula is C22H25N3O3S2. The van der Waals surface area contributed by atoms with Gasteiger partial charge in [-0.05, 0) is 30.5 Å². The second-order valence-corrected chi connectivity index (χ2v) is 9.99. The van der Waals surface area contributed by atoms with Crippen LogP contribution in [0.2, 0.25) is 0 Å². The van der Waals surface area contributed by atoms with Crippen LogP contribution in [0.3, 0.4) is 0 Å². The molecule has 0 unspecified atom stereocenters. The van der Waals surface area contributed by atoms with Gasteiger partial charge in [-0.2, -0.15) is 8.42 Å². The molecule has 8 heteroatoms. The van der Waals surface area contributed by atoms with Crippen molar-refractivity contribution in [2.75, 3.05) is 23.7 Å². The smallest absolute Gasteiger partial charge is 0.286 e. The second-order valence-electron chi connectivity index (χ2n) is 7.47. The Balaban J connectivity index is 1.59. The molecular weight excluding hydrogens is 418 g/mol. The molecule has 1 fully saturated rings. The highest BCUT2D eigenvalue weighted by molar-refractivity contribution is 8.15. The van der Waals surface area contributed by atoms with E-state index in [1.807, 2.05) is 46.2 Å². The number of carbonyl (C=O) groups is 1. The van der Waals surface area contributed by atoms with Crippen LogP contribution in [0, 0.1) is 0 Å². The first-order valence-corrected chi connectivity index (χ1v) is 12.6. The van der Waals surface area contributed by atoms with Crippen LogP contribution in [-0.2, 0) is 21.4 Å². The average molecular weight is 444 g/mol. The number of anilines is 1. The maximum Gasteiger partial charge on any atom is 0.286 e. The van der Waals surface area contributed by atoms with E-state index in [9.17, 15) is 13.2 Å². The molecule has 1 amide bonds. The largest absolute Gasteiger partial charge is 0.342 e. The summed E-state index contributed by atoms with van der Waals surface area (Å²) in [6.45, 7) is 2.04. The summed E-state index contributed by atoms with van der Waals surface area (Å²) in [5, 5.41) is 0.348. The van der Waals surface area contributed by atoms with E-state index < -0.39 is 10.0 Å². The van der Waals surface area contributed by atoms with Gasteiger partial charge in [0.2, 0.25) is 5.91 Å². The van der Waals surface area contributed by atoms with Crippen molar-refractivity contribution in [1.82, 2.24) is 4.90 Å². The Kier molecular flexibility index (Phi) is 6.43. The topological polar surface area (TPSA) is 70.0 Å². The van der Waals surface area contributed by atoms with Crippen LogP contribution in [0.5, 0.6) is 0 Å². The third-order valence-corrected chi connectivity index (χ3v) is 7.72. The maximum atomic E-state index is 12.8. The van der Waals surface area contributed by atoms with Crippen LogP contribution >= 0.6 is 11.8 Å². The number of fused-ring (bicyclic) bond motifs is 1. The summed E-state index contributed by atoms with van der Waals surface area (Å²) < 4.78 is 29.6. The van der Waals surface area contributed by atoms with Gasteiger partial charge in [-0.1, -0.05) is 67.1 Å². The minimum atomic E-state index is -3.79. The molecule has 2 aromatic carbocycles. The van der Waals surface area contributed by atoms with Gasteiger partial charge in [0.05, 0.1) is 18.0 Å². The zero-order valence-electron chi connectivity index (χ0n) is 16.7. The Morgan fingerprint density at radius 3 is 2.33 bits per heavy atom. The number of amides is 1. The first kappa shape index (κ1) is 20.9. The van der Waals surface area contributed by atoms with Gasteiger partial charge in [-0.25, -0.2) is 0 Å². The zero-order chi connectivity index (χ0) is 21.0. The van der Waals surface area contributed by atoms with Crippen LogP contribution in [0.4, 0.5) is 5.69 Å². The van der Waals surface area contributed by atoms with Crippen LogP contribution in [0.15, 0.2) is 63.9 Å². The van der Waals surface area contributed by atoms with Gasteiger partial charge in [0.15, 0.2) is 5.17 Å². The van der Waals surface area contributed by atoms with Gasteiger partial charge in [0, 0.05) is 13.1 Å². The summed E-state index contributed by atoms with van der Waals surface area (Å²) in [5.41, 5.74) is 1.64. The molecule has 0 spiro atoms. The van der Waals surface area contributed by atoms with Crippen molar-refractivity contribution in [2.24, 2.45) is 4.40 Å². The monoisotopic (exact) mass is 443 g/mol. The van der Waals surface area contributed by atoms with Crippen molar-refractivity contribution < 1.29 is 13.2 Å². The van der Waals surface area contributed by atoms with Gasteiger partial charge < -0.3 is 9.80 Å². The van der Waals surface area contributed by atoms with E-state index in [1.54, 1.807) is 18.2 Å². The number of benzene rings is 2. The average Bonchev–Trinajstić information content (AvgIpc) is 3.05. The predicted octanol–water partition coefficient (Wildman–Crippen LogP) is 3.89. The lowest BCUT2D eigenvalue weighted by Crippen LogP contribution is -2.37. The van der Waals surface area contributed by atoms with Crippen molar-refractivity contribution in [2.45, 2.75) is 37.1 Å². The lowest BCUT2D eigenvalue weighted by atomic mass is 10.2. The molecule has 2 aliphatic rings. The van der Waals surface area contributed by atoms with E-state index in [0.717, 1.165) is 44.3 Å². The predicted molar refractivity (Wildman–Crippen MR) is 121 cm³/mol. The van der Waals surface area contributed by atoms with Crippen LogP contribution in [0.1, 0.15) is 31.2 Å². The molecule has 0 aliphatic carbocycles. The van der Waals surface area contributed by atoms with E-state index >= 15 is 0 Å². The number of para-hydroxylation sites is 1. The van der Waals surface area contributed by atoms with Crippen molar-refractivity contribution in [3.8, 4) is 0 Å². The molecule has 2 aromatic rings. The molecule has 2 aliphatic heterocycles. The summed E-state index contributed by atoms with van der Waals surface area (Å²) in [4.78, 5) is 16.7. The van der Waals surface area contributed by atoms with Gasteiger partial charge in [0.1, 0.15) is 4.90 Å². The molecule has 4 rings (SSSR count). The fourth-order valence-corrected chi connectivity index (χ4v) is 6.12. The SMILES string of the molecule is O=C(CSC1=NS(=O)(=O)c2ccccc2N1Cc1ccccc1)N1CCCCCC1. The van der Waals surface area contributed by atoms with Crippen molar-refractivity contribution >= 4 is 38.5 Å². The van der Waals surface area contributed by atoms with Gasteiger partial charge in [-0.3, -0.25) is 4.79 Å². The molecule has 0 radical (unpaired) electrons. The van der Waals surface area contributed by atoms with Gasteiger partial charge >= 0.3 is 0 Å². The Morgan fingerprint density at radius 2 is 1.60 bits per heavy atom. The number of carbonyl (C=O) groups excluding carboxylic acids is 1. The first-order valence-electron chi connectivity index (χ1n) is 10.2. The first-order chi connectivity index (χ1) is 14.5. The molecule has 6 nitrogen and oxygen atoms in total. The van der Waals surface area contributed by atoms with E-state index in [2.05, 4.69) is 4.40 Å².